The molecule has 0 aliphatic rings. The molecule has 3 nitrogen and oxygen atoms in total. The summed E-state index contributed by atoms with van der Waals surface area (Å²) in [5, 5.41) is 12.4. The van der Waals surface area contributed by atoms with Gasteiger partial charge < -0.3 is 15.0 Å². The van der Waals surface area contributed by atoms with Crippen LogP contribution in [0.25, 0.3) is 0 Å². The smallest absolute Gasteiger partial charge is 0.0681 e. The van der Waals surface area contributed by atoms with Crippen LogP contribution in [-0.4, -0.2) is 9.67 Å². The Kier molecular flexibility index (Phi) is 3.96. The molecule has 0 bridgehead atoms. The Balaban J connectivity index is 1.85. The number of nitrogens with zero attached hydrogens (tertiary/aromatic N) is 1. The van der Waals surface area contributed by atoms with Gasteiger partial charge in [-0.2, -0.15) is 0 Å². The Morgan fingerprint density at radius 1 is 1.12 bits per heavy atom. The van der Waals surface area contributed by atoms with Crippen LogP contribution in [0.1, 0.15) is 16.7 Å². The lowest BCUT2D eigenvalue weighted by Gasteiger charge is -2.05. The third kappa shape index (κ3) is 3.44. The molecule has 1 aromatic carbocycles. The van der Waals surface area contributed by atoms with Gasteiger partial charge in [0, 0.05) is 32.5 Å². The lowest BCUT2D eigenvalue weighted by Crippen LogP contribution is -2.12. The van der Waals surface area contributed by atoms with E-state index in [-0.39, 0.29) is 6.61 Å². The fraction of sp³-hybridized carbons (Fsp3) is 0.286. The predicted molar refractivity (Wildman–Crippen MR) is 68.3 cm³/mol. The summed E-state index contributed by atoms with van der Waals surface area (Å²) in [6.45, 7) is 1.79. The molecule has 17 heavy (non-hydrogen) atoms. The highest BCUT2D eigenvalue weighted by Crippen LogP contribution is 2.05. The molecular formula is C14H18N2O. The fourth-order valence-electron chi connectivity index (χ4n) is 1.85. The summed E-state index contributed by atoms with van der Waals surface area (Å²) >= 11 is 0. The maximum absolute atomic E-state index is 9.05. The van der Waals surface area contributed by atoms with Crippen LogP contribution >= 0.6 is 0 Å². The van der Waals surface area contributed by atoms with E-state index in [1.165, 1.54) is 11.1 Å². The summed E-state index contributed by atoms with van der Waals surface area (Å²) in [7, 11) is 2.02. The Labute approximate surface area is 102 Å². The predicted octanol–water partition coefficient (Wildman–Crippen LogP) is 1.81. The first-order valence-electron chi connectivity index (χ1n) is 5.78. The van der Waals surface area contributed by atoms with Gasteiger partial charge in [-0.05, 0) is 22.8 Å². The molecule has 0 unspecified atom stereocenters. The van der Waals surface area contributed by atoms with Crippen molar-refractivity contribution >= 4 is 0 Å². The number of aliphatic hydroxyl groups is 1. The van der Waals surface area contributed by atoms with Crippen LogP contribution in [0.2, 0.25) is 0 Å². The lowest BCUT2D eigenvalue weighted by molar-refractivity contribution is 0.281. The number of aryl methyl sites for hydroxylation is 1. The van der Waals surface area contributed by atoms with Crippen molar-refractivity contribution in [3.8, 4) is 0 Å². The van der Waals surface area contributed by atoms with Crippen LogP contribution in [0.3, 0.4) is 0 Å². The number of benzene rings is 1. The van der Waals surface area contributed by atoms with E-state index in [0.717, 1.165) is 18.7 Å². The van der Waals surface area contributed by atoms with Gasteiger partial charge in [-0.1, -0.05) is 24.3 Å². The first-order chi connectivity index (χ1) is 8.28. The lowest BCUT2D eigenvalue weighted by atomic mass is 10.1. The Bertz CT molecular complexity index is 477. The van der Waals surface area contributed by atoms with Crippen LogP contribution in [0.4, 0.5) is 0 Å². The van der Waals surface area contributed by atoms with Crippen LogP contribution < -0.4 is 5.32 Å². The van der Waals surface area contributed by atoms with Crippen LogP contribution in [-0.2, 0) is 26.7 Å². The molecule has 2 rings (SSSR count). The van der Waals surface area contributed by atoms with E-state index in [9.17, 15) is 0 Å². The van der Waals surface area contributed by atoms with E-state index in [1.807, 2.05) is 36.0 Å². The minimum absolute atomic E-state index is 0.104. The number of aliphatic hydroxyl groups excluding tert-OH is 1. The van der Waals surface area contributed by atoms with Gasteiger partial charge in [-0.3, -0.25) is 0 Å². The van der Waals surface area contributed by atoms with E-state index in [1.54, 1.807) is 0 Å². The maximum Gasteiger partial charge on any atom is 0.0681 e. The van der Waals surface area contributed by atoms with Gasteiger partial charge in [-0.25, -0.2) is 0 Å². The quantitative estimate of drug-likeness (QED) is 0.822. The molecule has 0 amide bonds. The highest BCUT2D eigenvalue weighted by atomic mass is 16.3. The van der Waals surface area contributed by atoms with Crippen LogP contribution in [0.5, 0.6) is 0 Å². The van der Waals surface area contributed by atoms with Gasteiger partial charge >= 0.3 is 0 Å². The number of aromatic nitrogens is 1. The van der Waals surface area contributed by atoms with Crippen molar-refractivity contribution in [3.63, 3.8) is 0 Å². The van der Waals surface area contributed by atoms with Crippen molar-refractivity contribution in [2.24, 2.45) is 7.05 Å². The maximum atomic E-state index is 9.05. The molecule has 0 spiro atoms. The summed E-state index contributed by atoms with van der Waals surface area (Å²) in [4.78, 5) is 0. The summed E-state index contributed by atoms with van der Waals surface area (Å²) in [6, 6.07) is 10.1. The minimum Gasteiger partial charge on any atom is -0.392 e. The number of hydrogen-bond acceptors (Lipinski definition) is 2. The van der Waals surface area contributed by atoms with E-state index in [0.29, 0.717) is 0 Å². The first-order valence-corrected chi connectivity index (χ1v) is 5.78. The SMILES string of the molecule is Cn1ccc(CNCc2cccc(CO)c2)c1. The molecule has 1 heterocycles. The van der Waals surface area contributed by atoms with E-state index in [4.69, 9.17) is 5.11 Å². The largest absolute Gasteiger partial charge is 0.392 e. The van der Waals surface area contributed by atoms with Crippen molar-refractivity contribution in [1.29, 1.82) is 0 Å². The molecule has 1 aromatic heterocycles. The molecule has 0 saturated heterocycles. The monoisotopic (exact) mass is 230 g/mol. The van der Waals surface area contributed by atoms with E-state index in [2.05, 4.69) is 23.6 Å². The zero-order valence-electron chi connectivity index (χ0n) is 10.1. The average Bonchev–Trinajstić information content (AvgIpc) is 2.75. The van der Waals surface area contributed by atoms with Gasteiger partial charge in [-0.15, -0.1) is 0 Å². The second-order valence-electron chi connectivity index (χ2n) is 4.27. The minimum atomic E-state index is 0.104. The highest BCUT2D eigenvalue weighted by molar-refractivity contribution is 5.22. The van der Waals surface area contributed by atoms with Crippen molar-refractivity contribution in [2.45, 2.75) is 19.7 Å². The number of nitrogens with one attached hydrogen (secondary N) is 1. The van der Waals surface area contributed by atoms with Gasteiger partial charge in [0.05, 0.1) is 6.61 Å². The van der Waals surface area contributed by atoms with E-state index < -0.39 is 0 Å². The molecule has 0 atom stereocenters. The zero-order valence-corrected chi connectivity index (χ0v) is 10.1. The third-order valence-electron chi connectivity index (χ3n) is 2.73. The average molecular weight is 230 g/mol. The molecule has 2 aromatic rings. The summed E-state index contributed by atoms with van der Waals surface area (Å²) in [5.41, 5.74) is 3.45. The topological polar surface area (TPSA) is 37.2 Å². The van der Waals surface area contributed by atoms with Crippen molar-refractivity contribution in [3.05, 3.63) is 59.4 Å². The van der Waals surface area contributed by atoms with Crippen LogP contribution in [0, 0.1) is 0 Å². The third-order valence-corrected chi connectivity index (χ3v) is 2.73. The van der Waals surface area contributed by atoms with Crippen molar-refractivity contribution in [1.82, 2.24) is 9.88 Å². The molecule has 2 N–H and O–H groups in total. The Hall–Kier alpha value is -1.58. The molecule has 0 fully saturated rings. The van der Waals surface area contributed by atoms with Crippen LogP contribution in [0.15, 0.2) is 42.7 Å². The highest BCUT2D eigenvalue weighted by Gasteiger charge is 1.97. The van der Waals surface area contributed by atoms with Gasteiger partial charge in [0.2, 0.25) is 0 Å². The molecule has 0 saturated carbocycles. The summed E-state index contributed by atoms with van der Waals surface area (Å²) in [6.07, 6.45) is 4.15. The molecule has 0 aliphatic heterocycles. The molecular weight excluding hydrogens is 212 g/mol. The van der Waals surface area contributed by atoms with Gasteiger partial charge in [0.25, 0.3) is 0 Å². The molecule has 0 aliphatic carbocycles. The van der Waals surface area contributed by atoms with Gasteiger partial charge in [0.15, 0.2) is 0 Å². The van der Waals surface area contributed by atoms with Gasteiger partial charge in [0.1, 0.15) is 0 Å². The first kappa shape index (κ1) is 11.9. The zero-order chi connectivity index (χ0) is 12.1. The fourth-order valence-corrected chi connectivity index (χ4v) is 1.85. The standard InChI is InChI=1S/C14H18N2O/c1-16-6-5-14(10-16)9-15-8-12-3-2-4-13(7-12)11-17/h2-7,10,15,17H,8-9,11H2,1H3. The second-order valence-corrected chi connectivity index (χ2v) is 4.27. The second kappa shape index (κ2) is 5.66. The van der Waals surface area contributed by atoms with E-state index >= 15 is 0 Å². The number of hydrogen-bond donors (Lipinski definition) is 2. The molecule has 90 valence electrons. The summed E-state index contributed by atoms with van der Waals surface area (Å²) < 4.78 is 2.05. The van der Waals surface area contributed by atoms with Crippen molar-refractivity contribution in [2.75, 3.05) is 0 Å². The summed E-state index contributed by atoms with van der Waals surface area (Å²) in [5.74, 6) is 0. The Morgan fingerprint density at radius 2 is 1.88 bits per heavy atom. The normalized spacial score (nSPS) is 10.7. The molecule has 0 radical (unpaired) electrons. The Morgan fingerprint density at radius 3 is 2.59 bits per heavy atom. The number of rotatable bonds is 5. The molecule has 3 heteroatoms. The van der Waals surface area contributed by atoms with Crippen molar-refractivity contribution < 1.29 is 5.11 Å².